The number of nitrogens with zero attached hydrogens (tertiary/aromatic N) is 1. The lowest BCUT2D eigenvalue weighted by Gasteiger charge is -2.12. The lowest BCUT2D eigenvalue weighted by molar-refractivity contribution is 0.0693. The molecule has 0 fully saturated rings. The Bertz CT molecular complexity index is 702. The smallest absolute Gasteiger partial charge is 0.341 e. The van der Waals surface area contributed by atoms with Crippen molar-refractivity contribution in [3.05, 3.63) is 62.5 Å². The monoisotopic (exact) mass is 277 g/mol. The number of hydrogen-bond acceptors (Lipinski definition) is 2. The molecule has 0 bridgehead atoms. The van der Waals surface area contributed by atoms with Gasteiger partial charge in [-0.25, -0.2) is 4.79 Å². The van der Waals surface area contributed by atoms with Crippen LogP contribution in [0.2, 0.25) is 5.02 Å². The molecule has 0 aliphatic carbocycles. The zero-order valence-corrected chi connectivity index (χ0v) is 11.2. The molecule has 0 unspecified atom stereocenters. The highest BCUT2D eigenvalue weighted by atomic mass is 35.5. The SMILES string of the molecule is Cc1cc(C)n(-c2ccc(Cl)cc2)c(=O)c1C(=O)O. The molecule has 1 aromatic heterocycles. The van der Waals surface area contributed by atoms with E-state index in [1.165, 1.54) is 4.57 Å². The first-order chi connectivity index (χ1) is 8.91. The molecule has 98 valence electrons. The molecule has 0 aliphatic rings. The van der Waals surface area contributed by atoms with Gasteiger partial charge in [-0.05, 0) is 49.7 Å². The van der Waals surface area contributed by atoms with Gasteiger partial charge in [0, 0.05) is 16.4 Å². The maximum absolute atomic E-state index is 12.3. The second-order valence-electron chi connectivity index (χ2n) is 4.27. The minimum atomic E-state index is -1.22. The third-order valence-electron chi connectivity index (χ3n) is 2.89. The molecule has 0 amide bonds. The topological polar surface area (TPSA) is 59.3 Å². The number of pyridine rings is 1. The molecule has 5 heteroatoms. The van der Waals surface area contributed by atoms with Crippen molar-refractivity contribution in [2.75, 3.05) is 0 Å². The van der Waals surface area contributed by atoms with Crippen LogP contribution in [0.15, 0.2) is 35.1 Å². The van der Waals surface area contributed by atoms with E-state index in [-0.39, 0.29) is 5.56 Å². The number of carbonyl (C=O) groups is 1. The van der Waals surface area contributed by atoms with Crippen LogP contribution >= 0.6 is 11.6 Å². The molecule has 19 heavy (non-hydrogen) atoms. The van der Waals surface area contributed by atoms with Crippen LogP contribution in [-0.4, -0.2) is 15.6 Å². The standard InChI is InChI=1S/C14H12ClNO3/c1-8-7-9(2)16(13(17)12(8)14(18)19)11-5-3-10(15)4-6-11/h3-7H,1-2H3,(H,18,19). The van der Waals surface area contributed by atoms with Gasteiger partial charge in [0.2, 0.25) is 0 Å². The van der Waals surface area contributed by atoms with Crippen LogP contribution in [0.3, 0.4) is 0 Å². The van der Waals surface area contributed by atoms with E-state index in [1.54, 1.807) is 44.2 Å². The van der Waals surface area contributed by atoms with Gasteiger partial charge >= 0.3 is 5.97 Å². The molecule has 0 atom stereocenters. The first-order valence-corrected chi connectivity index (χ1v) is 6.02. The molecule has 1 aromatic carbocycles. The highest BCUT2D eigenvalue weighted by Crippen LogP contribution is 2.15. The molecule has 0 saturated heterocycles. The second kappa shape index (κ2) is 4.90. The van der Waals surface area contributed by atoms with Crippen LogP contribution in [0.1, 0.15) is 21.6 Å². The minimum absolute atomic E-state index is 0.208. The van der Waals surface area contributed by atoms with Crippen molar-refractivity contribution >= 4 is 17.6 Å². The molecule has 0 radical (unpaired) electrons. The predicted molar refractivity (Wildman–Crippen MR) is 73.5 cm³/mol. The maximum Gasteiger partial charge on any atom is 0.341 e. The Labute approximate surface area is 114 Å². The normalized spacial score (nSPS) is 10.5. The van der Waals surface area contributed by atoms with Gasteiger partial charge in [-0.15, -0.1) is 0 Å². The zero-order chi connectivity index (χ0) is 14.2. The molecule has 4 nitrogen and oxygen atoms in total. The Balaban J connectivity index is 2.77. The summed E-state index contributed by atoms with van der Waals surface area (Å²) in [5.41, 5.74) is 0.984. The van der Waals surface area contributed by atoms with Crippen molar-refractivity contribution in [3.63, 3.8) is 0 Å². The van der Waals surface area contributed by atoms with Crippen molar-refractivity contribution < 1.29 is 9.90 Å². The number of halogens is 1. The Hall–Kier alpha value is -2.07. The minimum Gasteiger partial charge on any atom is -0.477 e. The summed E-state index contributed by atoms with van der Waals surface area (Å²) >= 11 is 5.80. The number of aryl methyl sites for hydroxylation is 2. The molecule has 1 N–H and O–H groups in total. The fraction of sp³-hybridized carbons (Fsp3) is 0.143. The average Bonchev–Trinajstić information content (AvgIpc) is 2.30. The Morgan fingerprint density at radius 2 is 1.79 bits per heavy atom. The molecule has 0 saturated carbocycles. The van der Waals surface area contributed by atoms with Gasteiger partial charge < -0.3 is 5.11 Å². The van der Waals surface area contributed by atoms with Gasteiger partial charge in [0.05, 0.1) is 0 Å². The van der Waals surface area contributed by atoms with Crippen molar-refractivity contribution in [2.45, 2.75) is 13.8 Å². The quantitative estimate of drug-likeness (QED) is 0.918. The van der Waals surface area contributed by atoms with Gasteiger partial charge in [-0.1, -0.05) is 11.6 Å². The Morgan fingerprint density at radius 3 is 2.32 bits per heavy atom. The van der Waals surface area contributed by atoms with Crippen molar-refractivity contribution in [1.82, 2.24) is 4.57 Å². The van der Waals surface area contributed by atoms with Crippen LogP contribution in [-0.2, 0) is 0 Å². The van der Waals surface area contributed by atoms with Crippen molar-refractivity contribution in [1.29, 1.82) is 0 Å². The van der Waals surface area contributed by atoms with E-state index in [0.29, 0.717) is 22.0 Å². The van der Waals surface area contributed by atoms with Gasteiger partial charge in [0.25, 0.3) is 5.56 Å². The molecule has 0 aliphatic heterocycles. The number of carboxylic acid groups (broad SMARTS) is 1. The number of aromatic carboxylic acids is 1. The lowest BCUT2D eigenvalue weighted by atomic mass is 10.1. The third-order valence-corrected chi connectivity index (χ3v) is 3.14. The summed E-state index contributed by atoms with van der Waals surface area (Å²) in [6.45, 7) is 3.37. The van der Waals surface area contributed by atoms with Gasteiger partial charge in [-0.2, -0.15) is 0 Å². The number of benzene rings is 1. The first-order valence-electron chi connectivity index (χ1n) is 5.64. The predicted octanol–water partition coefficient (Wildman–Crippen LogP) is 2.81. The van der Waals surface area contributed by atoms with E-state index in [1.807, 2.05) is 0 Å². The summed E-state index contributed by atoms with van der Waals surface area (Å²) in [5, 5.41) is 9.67. The van der Waals surface area contributed by atoms with Crippen molar-refractivity contribution in [2.24, 2.45) is 0 Å². The van der Waals surface area contributed by atoms with E-state index in [2.05, 4.69) is 0 Å². The number of hydrogen-bond donors (Lipinski definition) is 1. The van der Waals surface area contributed by atoms with Gasteiger partial charge in [-0.3, -0.25) is 9.36 Å². The first kappa shape index (κ1) is 13.4. The van der Waals surface area contributed by atoms with E-state index in [0.717, 1.165) is 0 Å². The average molecular weight is 278 g/mol. The number of carboxylic acids is 1. The molecule has 2 rings (SSSR count). The summed E-state index contributed by atoms with van der Waals surface area (Å²) in [4.78, 5) is 23.4. The van der Waals surface area contributed by atoms with E-state index in [9.17, 15) is 9.59 Å². The zero-order valence-electron chi connectivity index (χ0n) is 10.5. The number of rotatable bonds is 2. The highest BCUT2D eigenvalue weighted by Gasteiger charge is 2.17. The van der Waals surface area contributed by atoms with E-state index in [4.69, 9.17) is 16.7 Å². The van der Waals surface area contributed by atoms with Crippen LogP contribution < -0.4 is 5.56 Å². The molecular formula is C14H12ClNO3. The summed E-state index contributed by atoms with van der Waals surface area (Å²) in [6, 6.07) is 8.35. The van der Waals surface area contributed by atoms with Crippen molar-refractivity contribution in [3.8, 4) is 5.69 Å². The molecular weight excluding hydrogens is 266 g/mol. The van der Waals surface area contributed by atoms with Gasteiger partial charge in [0.1, 0.15) is 5.56 Å². The second-order valence-corrected chi connectivity index (χ2v) is 4.70. The maximum atomic E-state index is 12.3. The largest absolute Gasteiger partial charge is 0.477 e. The third kappa shape index (κ3) is 2.39. The fourth-order valence-electron chi connectivity index (χ4n) is 2.06. The molecule has 2 aromatic rings. The Kier molecular flexibility index (Phi) is 3.44. The van der Waals surface area contributed by atoms with E-state index >= 15 is 0 Å². The molecule has 0 spiro atoms. The molecule has 1 heterocycles. The summed E-state index contributed by atoms with van der Waals surface area (Å²) in [7, 11) is 0. The summed E-state index contributed by atoms with van der Waals surface area (Å²) in [5.74, 6) is -1.22. The Morgan fingerprint density at radius 1 is 1.21 bits per heavy atom. The van der Waals surface area contributed by atoms with Crippen LogP contribution in [0.25, 0.3) is 5.69 Å². The number of aromatic nitrogens is 1. The summed E-state index contributed by atoms with van der Waals surface area (Å²) in [6.07, 6.45) is 0. The summed E-state index contributed by atoms with van der Waals surface area (Å²) < 4.78 is 1.37. The van der Waals surface area contributed by atoms with Crippen LogP contribution in [0.5, 0.6) is 0 Å². The lowest BCUT2D eigenvalue weighted by Crippen LogP contribution is -2.28. The van der Waals surface area contributed by atoms with E-state index < -0.39 is 11.5 Å². The fourth-order valence-corrected chi connectivity index (χ4v) is 2.19. The van der Waals surface area contributed by atoms with Gasteiger partial charge in [0.15, 0.2) is 0 Å². The highest BCUT2D eigenvalue weighted by molar-refractivity contribution is 6.30. The van der Waals surface area contributed by atoms with Crippen LogP contribution in [0, 0.1) is 13.8 Å². The van der Waals surface area contributed by atoms with Crippen LogP contribution in [0.4, 0.5) is 0 Å².